The normalized spacial score (nSPS) is 11.3. The second-order valence-corrected chi connectivity index (χ2v) is 8.07. The minimum atomic E-state index is -0.519. The van der Waals surface area contributed by atoms with Gasteiger partial charge >= 0.3 is 5.69 Å². The van der Waals surface area contributed by atoms with E-state index in [-0.39, 0.29) is 24.4 Å². The number of fused-ring (bicyclic) bond motifs is 3. The molecule has 33 heavy (non-hydrogen) atoms. The van der Waals surface area contributed by atoms with Crippen LogP contribution in [0.3, 0.4) is 0 Å². The number of anilines is 1. The van der Waals surface area contributed by atoms with E-state index in [1.54, 1.807) is 47.8 Å². The van der Waals surface area contributed by atoms with Crippen LogP contribution in [0.5, 0.6) is 5.75 Å². The third kappa shape index (κ3) is 3.72. The molecule has 0 saturated carbocycles. The fraction of sp³-hybridized carbons (Fsp3) is 0.182. The molecule has 0 aliphatic rings. The van der Waals surface area contributed by atoms with E-state index >= 15 is 0 Å². The van der Waals surface area contributed by atoms with Crippen molar-refractivity contribution in [1.29, 1.82) is 0 Å². The predicted octanol–water partition coefficient (Wildman–Crippen LogP) is 2.55. The first kappa shape index (κ1) is 20.8. The van der Waals surface area contributed by atoms with E-state index in [2.05, 4.69) is 10.4 Å². The van der Waals surface area contributed by atoms with E-state index in [1.165, 1.54) is 26.6 Å². The minimum Gasteiger partial charge on any atom is -0.492 e. The number of hydrogen-bond donors (Lipinski definition) is 1. The molecule has 10 nitrogen and oxygen atoms in total. The molecule has 1 amide bonds. The monoisotopic (exact) mass is 465 g/mol. The number of amides is 1. The molecule has 0 atom stereocenters. The number of carbonyl (C=O) groups is 1. The number of benzene rings is 1. The van der Waals surface area contributed by atoms with Crippen LogP contribution < -0.4 is 21.3 Å². The van der Waals surface area contributed by atoms with Crippen LogP contribution in [0.2, 0.25) is 0 Å². The Balaban J connectivity index is 1.55. The van der Waals surface area contributed by atoms with Crippen LogP contribution in [0.4, 0.5) is 5.69 Å². The number of nitrogens with one attached hydrogen (secondary N) is 1. The second-order valence-electron chi connectivity index (χ2n) is 7.16. The van der Waals surface area contributed by atoms with E-state index in [1.807, 2.05) is 6.92 Å². The van der Waals surface area contributed by atoms with Gasteiger partial charge in [-0.1, -0.05) is 12.1 Å². The van der Waals surface area contributed by atoms with Crippen LogP contribution in [0, 0.1) is 0 Å². The summed E-state index contributed by atoms with van der Waals surface area (Å²) in [6.07, 6.45) is 1.51. The molecule has 0 fully saturated rings. The molecule has 0 saturated heterocycles. The van der Waals surface area contributed by atoms with Gasteiger partial charge in [0, 0.05) is 0 Å². The number of hydrogen-bond acceptors (Lipinski definition) is 7. The van der Waals surface area contributed by atoms with Gasteiger partial charge < -0.3 is 14.5 Å². The first-order valence-electron chi connectivity index (χ1n) is 10.2. The number of nitrogens with zero attached hydrogens (tertiary/aromatic N) is 4. The van der Waals surface area contributed by atoms with Gasteiger partial charge in [-0.15, -0.1) is 16.4 Å². The number of thiophene rings is 1. The first-order valence-corrected chi connectivity index (χ1v) is 11.1. The second kappa shape index (κ2) is 8.43. The van der Waals surface area contributed by atoms with Crippen LogP contribution in [0.15, 0.2) is 68.1 Å². The molecule has 4 heterocycles. The van der Waals surface area contributed by atoms with Gasteiger partial charge in [0.25, 0.3) is 5.56 Å². The lowest BCUT2D eigenvalue weighted by Crippen LogP contribution is -2.29. The Kier molecular flexibility index (Phi) is 5.31. The van der Waals surface area contributed by atoms with Crippen LogP contribution in [-0.4, -0.2) is 31.3 Å². The Morgan fingerprint density at radius 2 is 2.03 bits per heavy atom. The topological polar surface area (TPSA) is 113 Å². The highest BCUT2D eigenvalue weighted by Gasteiger charge is 2.20. The fourth-order valence-corrected chi connectivity index (χ4v) is 4.44. The quantitative estimate of drug-likeness (QED) is 0.395. The van der Waals surface area contributed by atoms with Crippen molar-refractivity contribution in [1.82, 2.24) is 18.7 Å². The maximum Gasteiger partial charge on any atom is 0.352 e. The molecule has 0 radical (unpaired) electrons. The zero-order valence-electron chi connectivity index (χ0n) is 17.6. The molecule has 4 aromatic heterocycles. The maximum absolute atomic E-state index is 13.2. The number of carbonyl (C=O) groups excluding carboxylic acids is 1. The summed E-state index contributed by atoms with van der Waals surface area (Å²) in [5.41, 5.74) is 0.149. The Bertz CT molecular complexity index is 1570. The fourth-order valence-electron chi connectivity index (χ4n) is 3.61. The lowest BCUT2D eigenvalue weighted by atomic mass is 10.3. The van der Waals surface area contributed by atoms with Gasteiger partial charge in [0.05, 0.1) is 30.6 Å². The summed E-state index contributed by atoms with van der Waals surface area (Å²) in [6.45, 7) is 2.07. The van der Waals surface area contributed by atoms with E-state index < -0.39 is 11.6 Å². The van der Waals surface area contributed by atoms with Crippen molar-refractivity contribution in [3.8, 4) is 5.75 Å². The summed E-state index contributed by atoms with van der Waals surface area (Å²) in [4.78, 5) is 39.0. The Labute approximate surface area is 190 Å². The molecule has 0 spiro atoms. The number of para-hydroxylation sites is 2. The number of ether oxygens (including phenoxy) is 1. The lowest BCUT2D eigenvalue weighted by molar-refractivity contribution is -0.117. The van der Waals surface area contributed by atoms with E-state index in [9.17, 15) is 14.4 Å². The van der Waals surface area contributed by atoms with Gasteiger partial charge in [-0.3, -0.25) is 14.2 Å². The highest BCUT2D eigenvalue weighted by atomic mass is 32.1. The number of rotatable bonds is 7. The van der Waals surface area contributed by atoms with Crippen molar-refractivity contribution in [2.75, 3.05) is 11.9 Å². The summed E-state index contributed by atoms with van der Waals surface area (Å²) >= 11 is 1.24. The zero-order chi connectivity index (χ0) is 22.9. The lowest BCUT2D eigenvalue weighted by Gasteiger charge is -2.10. The summed E-state index contributed by atoms with van der Waals surface area (Å²) in [6, 6.07) is 12.2. The summed E-state index contributed by atoms with van der Waals surface area (Å²) in [7, 11) is 0. The number of aromatic nitrogens is 4. The third-order valence-electron chi connectivity index (χ3n) is 5.04. The predicted molar refractivity (Wildman–Crippen MR) is 123 cm³/mol. The van der Waals surface area contributed by atoms with Gasteiger partial charge in [-0.2, -0.15) is 0 Å². The van der Waals surface area contributed by atoms with Gasteiger partial charge in [0.2, 0.25) is 11.7 Å². The van der Waals surface area contributed by atoms with Gasteiger partial charge in [-0.05, 0) is 42.6 Å². The Morgan fingerprint density at radius 1 is 1.18 bits per heavy atom. The molecule has 1 aromatic carbocycles. The van der Waals surface area contributed by atoms with Crippen LogP contribution in [0.25, 0.3) is 16.0 Å². The smallest absolute Gasteiger partial charge is 0.352 e. The van der Waals surface area contributed by atoms with Crippen molar-refractivity contribution < 1.29 is 13.9 Å². The molecule has 168 valence electrons. The average molecular weight is 465 g/mol. The summed E-state index contributed by atoms with van der Waals surface area (Å²) in [5, 5.41) is 8.82. The van der Waals surface area contributed by atoms with Crippen molar-refractivity contribution >= 4 is 38.9 Å². The molecular weight excluding hydrogens is 446 g/mol. The highest BCUT2D eigenvalue weighted by Crippen LogP contribution is 2.23. The van der Waals surface area contributed by atoms with E-state index in [0.29, 0.717) is 34.0 Å². The van der Waals surface area contributed by atoms with Crippen molar-refractivity contribution in [3.05, 3.63) is 80.7 Å². The Hall–Kier alpha value is -4.12. The molecular formula is C22H19N5O5S. The molecule has 1 N–H and O–H groups in total. The molecule has 0 aliphatic carbocycles. The largest absolute Gasteiger partial charge is 0.492 e. The van der Waals surface area contributed by atoms with Crippen LogP contribution >= 0.6 is 11.3 Å². The first-order chi connectivity index (χ1) is 16.1. The molecule has 11 heteroatoms. The summed E-state index contributed by atoms with van der Waals surface area (Å²) in [5.74, 6) is 0.758. The van der Waals surface area contributed by atoms with Crippen molar-refractivity contribution in [2.24, 2.45) is 0 Å². The van der Waals surface area contributed by atoms with Crippen molar-refractivity contribution in [3.63, 3.8) is 0 Å². The van der Waals surface area contributed by atoms with Crippen molar-refractivity contribution in [2.45, 2.75) is 20.0 Å². The molecule has 5 rings (SSSR count). The minimum absolute atomic E-state index is 0.105. The van der Waals surface area contributed by atoms with E-state index in [4.69, 9.17) is 9.15 Å². The molecule has 5 aromatic rings. The van der Waals surface area contributed by atoms with Gasteiger partial charge in [-0.25, -0.2) is 13.9 Å². The average Bonchev–Trinajstić information content (AvgIpc) is 3.54. The molecule has 0 aliphatic heterocycles. The third-order valence-corrected chi connectivity index (χ3v) is 5.93. The standard InChI is InChI=1S/C22H19N5O5S/c1-2-31-17-8-4-3-7-15(17)23-18(28)13-26-22(30)27-16-9-11-33-19(16)20(29)25(21(27)24-26)12-14-6-5-10-32-14/h3-11H,2,12-13H2,1H3,(H,23,28). The van der Waals surface area contributed by atoms with Gasteiger partial charge in [0.15, 0.2) is 0 Å². The Morgan fingerprint density at radius 3 is 2.82 bits per heavy atom. The molecule has 0 bridgehead atoms. The number of furan rings is 1. The summed E-state index contributed by atoms with van der Waals surface area (Å²) < 4.78 is 15.1. The highest BCUT2D eigenvalue weighted by molar-refractivity contribution is 7.17. The van der Waals surface area contributed by atoms with Crippen LogP contribution in [-0.2, 0) is 17.9 Å². The zero-order valence-corrected chi connectivity index (χ0v) is 18.4. The van der Waals surface area contributed by atoms with Gasteiger partial charge in [0.1, 0.15) is 22.8 Å². The molecule has 0 unspecified atom stereocenters. The maximum atomic E-state index is 13.2. The SMILES string of the molecule is CCOc1ccccc1NC(=O)Cn1nc2n(Cc3ccco3)c(=O)c3sccc3n2c1=O. The van der Waals surface area contributed by atoms with Crippen LogP contribution in [0.1, 0.15) is 12.7 Å². The van der Waals surface area contributed by atoms with E-state index in [0.717, 1.165) is 4.68 Å².